The minimum Gasteiger partial charge on any atom is -0.448 e. The summed E-state index contributed by atoms with van der Waals surface area (Å²) in [5.74, 6) is 0.551. The van der Waals surface area contributed by atoms with E-state index in [1.54, 1.807) is 12.1 Å². The molecule has 0 aromatic heterocycles. The van der Waals surface area contributed by atoms with Crippen LogP contribution in [0.25, 0.3) is 0 Å². The van der Waals surface area contributed by atoms with Crippen molar-refractivity contribution in [1.82, 2.24) is 0 Å². The minimum absolute atomic E-state index is 0.341. The van der Waals surface area contributed by atoms with Crippen LogP contribution in [0, 0.1) is 22.7 Å². The summed E-state index contributed by atoms with van der Waals surface area (Å²) >= 11 is 0. The quantitative estimate of drug-likeness (QED) is 0.629. The van der Waals surface area contributed by atoms with Crippen molar-refractivity contribution in [3.05, 3.63) is 23.3 Å². The first-order valence-electron chi connectivity index (χ1n) is 8.54. The molecule has 0 fully saturated rings. The Balaban J connectivity index is 2.21. The molecule has 0 spiro atoms. The molecule has 1 aliphatic rings. The Bertz CT molecular complexity index is 570. The summed E-state index contributed by atoms with van der Waals surface area (Å²) < 4.78 is 12.3. The fourth-order valence-corrected chi connectivity index (χ4v) is 2.94. The fraction of sp³-hybridized carbons (Fsp3) is 0.579. The second-order valence-electron chi connectivity index (χ2n) is 6.10. The molecule has 0 radical (unpaired) electrons. The van der Waals surface area contributed by atoms with Gasteiger partial charge in [-0.25, -0.2) is 0 Å². The van der Waals surface area contributed by atoms with Crippen molar-refractivity contribution in [1.29, 1.82) is 10.5 Å². The summed E-state index contributed by atoms with van der Waals surface area (Å²) in [6.45, 7) is 4.35. The summed E-state index contributed by atoms with van der Waals surface area (Å²) in [5, 5.41) is 18.3. The van der Waals surface area contributed by atoms with Crippen molar-refractivity contribution in [2.75, 3.05) is 0 Å². The van der Waals surface area contributed by atoms with Crippen molar-refractivity contribution in [3.63, 3.8) is 0 Å². The third-order valence-corrected chi connectivity index (χ3v) is 4.24. The van der Waals surface area contributed by atoms with E-state index in [4.69, 9.17) is 20.0 Å². The van der Waals surface area contributed by atoms with Crippen LogP contribution in [-0.4, -0.2) is 5.79 Å². The minimum atomic E-state index is -0.631. The molecule has 1 heterocycles. The van der Waals surface area contributed by atoms with Crippen LogP contribution in [0.4, 0.5) is 0 Å². The Kier molecular flexibility index (Phi) is 5.88. The molecule has 0 bridgehead atoms. The number of rotatable bonds is 8. The second-order valence-corrected chi connectivity index (χ2v) is 6.10. The molecule has 1 aromatic rings. The van der Waals surface area contributed by atoms with Crippen molar-refractivity contribution in [3.8, 4) is 23.6 Å². The van der Waals surface area contributed by atoms with E-state index >= 15 is 0 Å². The number of hydrogen-bond donors (Lipinski definition) is 0. The molecule has 122 valence electrons. The Labute approximate surface area is 138 Å². The Morgan fingerprint density at radius 2 is 1.26 bits per heavy atom. The first-order valence-corrected chi connectivity index (χ1v) is 8.54. The zero-order chi connectivity index (χ0) is 16.7. The van der Waals surface area contributed by atoms with Gasteiger partial charge in [-0.3, -0.25) is 0 Å². The van der Waals surface area contributed by atoms with Crippen LogP contribution in [0.5, 0.6) is 11.5 Å². The van der Waals surface area contributed by atoms with Crippen LogP contribution in [0.3, 0.4) is 0 Å². The molecule has 1 aliphatic heterocycles. The highest BCUT2D eigenvalue weighted by molar-refractivity contribution is 5.57. The maximum absolute atomic E-state index is 9.16. The lowest BCUT2D eigenvalue weighted by Gasteiger charge is -2.28. The van der Waals surface area contributed by atoms with E-state index < -0.39 is 5.79 Å². The van der Waals surface area contributed by atoms with Gasteiger partial charge in [0.1, 0.15) is 12.1 Å². The first-order chi connectivity index (χ1) is 11.2. The van der Waals surface area contributed by atoms with Crippen molar-refractivity contribution < 1.29 is 9.47 Å². The van der Waals surface area contributed by atoms with Gasteiger partial charge in [0.25, 0.3) is 5.79 Å². The van der Waals surface area contributed by atoms with Crippen molar-refractivity contribution in [2.24, 2.45) is 0 Å². The zero-order valence-corrected chi connectivity index (χ0v) is 14.0. The third-order valence-electron chi connectivity index (χ3n) is 4.24. The van der Waals surface area contributed by atoms with Gasteiger partial charge in [0, 0.05) is 25.0 Å². The van der Waals surface area contributed by atoms with Crippen LogP contribution in [-0.2, 0) is 0 Å². The molecule has 0 atom stereocenters. The number of nitrogens with zero attached hydrogens (tertiary/aromatic N) is 2. The lowest BCUT2D eigenvalue weighted by atomic mass is 10.0. The first kappa shape index (κ1) is 17.2. The van der Waals surface area contributed by atoms with E-state index in [0.29, 0.717) is 22.6 Å². The standard InChI is InChI=1S/C19H24N2O2/c1-3-5-7-9-19(10-8-6-4-2)22-17-11-15(13-20)16(14-21)12-18(17)23-19/h11-12H,3-10H2,1-2H3. The van der Waals surface area contributed by atoms with Crippen LogP contribution in [0.15, 0.2) is 12.1 Å². The van der Waals surface area contributed by atoms with E-state index in [1.165, 1.54) is 0 Å². The molecule has 0 N–H and O–H groups in total. The fourth-order valence-electron chi connectivity index (χ4n) is 2.94. The SMILES string of the molecule is CCCCCC1(CCCCC)Oc2cc(C#N)c(C#N)cc2O1. The van der Waals surface area contributed by atoms with Crippen molar-refractivity contribution >= 4 is 0 Å². The van der Waals surface area contributed by atoms with E-state index in [-0.39, 0.29) is 0 Å². The third kappa shape index (κ3) is 3.96. The predicted octanol–water partition coefficient (Wildman–Crippen LogP) is 5.06. The highest BCUT2D eigenvalue weighted by Crippen LogP contribution is 2.45. The van der Waals surface area contributed by atoms with Gasteiger partial charge in [-0.05, 0) is 12.8 Å². The maximum atomic E-state index is 9.16. The number of hydrogen-bond acceptors (Lipinski definition) is 4. The zero-order valence-electron chi connectivity index (χ0n) is 14.0. The van der Waals surface area contributed by atoms with E-state index in [9.17, 15) is 0 Å². The van der Waals surface area contributed by atoms with Gasteiger partial charge in [0.05, 0.1) is 11.1 Å². The molecular formula is C19H24N2O2. The second kappa shape index (κ2) is 7.88. The Hall–Kier alpha value is -2.20. The summed E-state index contributed by atoms with van der Waals surface area (Å²) in [6, 6.07) is 7.37. The highest BCUT2D eigenvalue weighted by Gasteiger charge is 2.41. The average molecular weight is 312 g/mol. The van der Waals surface area contributed by atoms with Gasteiger partial charge in [-0.2, -0.15) is 10.5 Å². The predicted molar refractivity (Wildman–Crippen MR) is 88.1 cm³/mol. The Morgan fingerprint density at radius 1 is 0.826 bits per heavy atom. The number of unbranched alkanes of at least 4 members (excludes halogenated alkanes) is 4. The van der Waals surface area contributed by atoms with Gasteiger partial charge >= 0.3 is 0 Å². The van der Waals surface area contributed by atoms with E-state index in [2.05, 4.69) is 26.0 Å². The van der Waals surface area contributed by atoms with Gasteiger partial charge in [-0.1, -0.05) is 39.5 Å². The lowest BCUT2D eigenvalue weighted by Crippen LogP contribution is -2.38. The number of nitriles is 2. The summed E-state index contributed by atoms with van der Waals surface area (Å²) in [5.41, 5.74) is 0.681. The van der Waals surface area contributed by atoms with Gasteiger partial charge in [-0.15, -0.1) is 0 Å². The highest BCUT2D eigenvalue weighted by atomic mass is 16.7. The van der Waals surface area contributed by atoms with Crippen LogP contribution >= 0.6 is 0 Å². The molecule has 1 aromatic carbocycles. The van der Waals surface area contributed by atoms with Gasteiger partial charge < -0.3 is 9.47 Å². The summed E-state index contributed by atoms with van der Waals surface area (Å²) in [7, 11) is 0. The van der Waals surface area contributed by atoms with Crippen molar-refractivity contribution in [2.45, 2.75) is 71.0 Å². The topological polar surface area (TPSA) is 66.0 Å². The summed E-state index contributed by atoms with van der Waals surface area (Å²) in [4.78, 5) is 0. The molecule has 23 heavy (non-hydrogen) atoms. The monoisotopic (exact) mass is 312 g/mol. The molecule has 2 rings (SSSR count). The molecule has 0 saturated heterocycles. The van der Waals surface area contributed by atoms with Crippen LogP contribution < -0.4 is 9.47 Å². The van der Waals surface area contributed by atoms with Gasteiger partial charge in [0.15, 0.2) is 11.5 Å². The largest absolute Gasteiger partial charge is 0.448 e. The average Bonchev–Trinajstić information content (AvgIpc) is 2.91. The van der Waals surface area contributed by atoms with Crippen LogP contribution in [0.2, 0.25) is 0 Å². The molecule has 0 amide bonds. The maximum Gasteiger partial charge on any atom is 0.251 e. The molecule has 0 aliphatic carbocycles. The smallest absolute Gasteiger partial charge is 0.251 e. The normalized spacial score (nSPS) is 14.3. The molecule has 0 saturated carbocycles. The Morgan fingerprint density at radius 3 is 1.61 bits per heavy atom. The van der Waals surface area contributed by atoms with E-state index in [0.717, 1.165) is 51.4 Å². The number of ether oxygens (including phenoxy) is 2. The lowest BCUT2D eigenvalue weighted by molar-refractivity contribution is -0.0948. The van der Waals surface area contributed by atoms with E-state index in [1.807, 2.05) is 0 Å². The molecule has 0 unspecified atom stereocenters. The molecule has 4 nitrogen and oxygen atoms in total. The summed E-state index contributed by atoms with van der Waals surface area (Å²) in [6.07, 6.45) is 8.35. The van der Waals surface area contributed by atoms with Gasteiger partial charge in [0.2, 0.25) is 0 Å². The number of fused-ring (bicyclic) bond motifs is 1. The number of benzene rings is 1. The molecular weight excluding hydrogens is 288 g/mol. The molecule has 4 heteroatoms. The van der Waals surface area contributed by atoms with Crippen LogP contribution in [0.1, 0.15) is 76.3 Å².